The van der Waals surface area contributed by atoms with Gasteiger partial charge in [0.05, 0.1) is 17.0 Å². The molecule has 1 aromatic heterocycles. The maximum Gasteiger partial charge on any atom is 0.243 e. The third kappa shape index (κ3) is 3.06. The molecule has 0 radical (unpaired) electrons. The summed E-state index contributed by atoms with van der Waals surface area (Å²) in [5.74, 6) is 1.43. The highest BCUT2D eigenvalue weighted by molar-refractivity contribution is 8.01. The van der Waals surface area contributed by atoms with Gasteiger partial charge in [0.2, 0.25) is 11.8 Å². The average molecular weight is 326 g/mol. The lowest BCUT2D eigenvalue weighted by atomic mass is 10.1. The molecule has 8 heteroatoms. The van der Waals surface area contributed by atoms with E-state index in [9.17, 15) is 9.59 Å². The van der Waals surface area contributed by atoms with Crippen LogP contribution >= 0.6 is 23.5 Å². The number of hydrogen-bond donors (Lipinski definition) is 2. The van der Waals surface area contributed by atoms with E-state index in [4.69, 9.17) is 0 Å². The number of carbonyl (C=O) groups is 2. The van der Waals surface area contributed by atoms with Crippen molar-refractivity contribution in [3.8, 4) is 0 Å². The van der Waals surface area contributed by atoms with Gasteiger partial charge in [-0.1, -0.05) is 11.8 Å². The highest BCUT2D eigenvalue weighted by Crippen LogP contribution is 2.29. The fourth-order valence-corrected chi connectivity index (χ4v) is 4.19. The summed E-state index contributed by atoms with van der Waals surface area (Å²) >= 11 is 3.24. The normalized spacial score (nSPS) is 23.5. The monoisotopic (exact) mass is 326 g/mol. The molecule has 1 fully saturated rings. The Bertz CT molecular complexity index is 563. The molecule has 114 valence electrons. The Hall–Kier alpha value is -1.15. The molecule has 0 bridgehead atoms. The molecule has 0 aromatic carbocycles. The number of thioether (sulfide) groups is 2. The minimum atomic E-state index is -0.460. The van der Waals surface area contributed by atoms with Crippen molar-refractivity contribution in [2.45, 2.75) is 42.9 Å². The van der Waals surface area contributed by atoms with Gasteiger partial charge in [0.15, 0.2) is 5.16 Å². The van der Waals surface area contributed by atoms with E-state index in [0.29, 0.717) is 12.3 Å². The zero-order valence-electron chi connectivity index (χ0n) is 12.0. The van der Waals surface area contributed by atoms with E-state index >= 15 is 0 Å². The number of imidazole rings is 1. The summed E-state index contributed by atoms with van der Waals surface area (Å²) in [5, 5.41) is 6.65. The number of rotatable bonds is 3. The Morgan fingerprint density at radius 3 is 3.14 bits per heavy atom. The van der Waals surface area contributed by atoms with Crippen molar-refractivity contribution in [3.63, 3.8) is 0 Å². The lowest BCUT2D eigenvalue weighted by molar-refractivity contribution is -0.129. The van der Waals surface area contributed by atoms with E-state index < -0.39 is 10.8 Å². The summed E-state index contributed by atoms with van der Waals surface area (Å²) in [6, 6.07) is -0.459. The van der Waals surface area contributed by atoms with E-state index in [1.807, 2.05) is 20.0 Å². The Morgan fingerprint density at radius 2 is 2.43 bits per heavy atom. The molecule has 2 amide bonds. The van der Waals surface area contributed by atoms with Crippen LogP contribution in [0.1, 0.15) is 19.5 Å². The van der Waals surface area contributed by atoms with Gasteiger partial charge in [-0.2, -0.15) is 0 Å². The van der Waals surface area contributed by atoms with Crippen LogP contribution in [0.2, 0.25) is 0 Å². The first-order chi connectivity index (χ1) is 9.95. The van der Waals surface area contributed by atoms with Gasteiger partial charge in [-0.3, -0.25) is 9.59 Å². The highest BCUT2D eigenvalue weighted by Gasteiger charge is 2.37. The maximum absolute atomic E-state index is 12.1. The van der Waals surface area contributed by atoms with Gasteiger partial charge in [-0.15, -0.1) is 11.8 Å². The minimum Gasteiger partial charge on any atom is -0.349 e. The third-order valence-corrected chi connectivity index (χ3v) is 5.95. The molecular formula is C13H18N4O2S2. The summed E-state index contributed by atoms with van der Waals surface area (Å²) in [4.78, 5) is 28.5. The van der Waals surface area contributed by atoms with Crippen molar-refractivity contribution in [1.82, 2.24) is 20.2 Å². The lowest BCUT2D eigenvalue weighted by Crippen LogP contribution is -2.57. The molecule has 0 aliphatic carbocycles. The molecule has 2 aliphatic heterocycles. The SMILES string of the molecule is CC1(C)SC[C@@H](C(=O)NCc2cn3c(n2)SCC3)NC1=O. The number of hydrogen-bond acceptors (Lipinski definition) is 5. The van der Waals surface area contributed by atoms with Crippen LogP contribution < -0.4 is 10.6 Å². The van der Waals surface area contributed by atoms with Gasteiger partial charge in [0.25, 0.3) is 0 Å². The van der Waals surface area contributed by atoms with Crippen molar-refractivity contribution in [2.24, 2.45) is 0 Å². The molecule has 3 heterocycles. The molecule has 2 aliphatic rings. The highest BCUT2D eigenvalue weighted by atomic mass is 32.2. The van der Waals surface area contributed by atoms with Crippen molar-refractivity contribution in [2.75, 3.05) is 11.5 Å². The fourth-order valence-electron chi connectivity index (χ4n) is 2.22. The number of amides is 2. The summed E-state index contributed by atoms with van der Waals surface area (Å²) in [5.41, 5.74) is 0.862. The van der Waals surface area contributed by atoms with Gasteiger partial charge < -0.3 is 15.2 Å². The van der Waals surface area contributed by atoms with E-state index in [0.717, 1.165) is 23.1 Å². The van der Waals surface area contributed by atoms with Crippen LogP contribution in [0.4, 0.5) is 0 Å². The van der Waals surface area contributed by atoms with E-state index in [1.165, 1.54) is 11.8 Å². The van der Waals surface area contributed by atoms with Crippen molar-refractivity contribution >= 4 is 35.3 Å². The van der Waals surface area contributed by atoms with Gasteiger partial charge in [0, 0.05) is 24.2 Å². The number of fused-ring (bicyclic) bond motifs is 1. The van der Waals surface area contributed by atoms with Crippen molar-refractivity contribution in [1.29, 1.82) is 0 Å². The van der Waals surface area contributed by atoms with Crippen LogP contribution in [0.3, 0.4) is 0 Å². The predicted molar refractivity (Wildman–Crippen MR) is 83.3 cm³/mol. The third-order valence-electron chi connectivity index (χ3n) is 3.58. The summed E-state index contributed by atoms with van der Waals surface area (Å²) in [6.45, 7) is 5.11. The largest absolute Gasteiger partial charge is 0.349 e. The van der Waals surface area contributed by atoms with Crippen molar-refractivity contribution in [3.05, 3.63) is 11.9 Å². The van der Waals surface area contributed by atoms with Crippen molar-refractivity contribution < 1.29 is 9.59 Å². The molecule has 0 saturated carbocycles. The smallest absolute Gasteiger partial charge is 0.243 e. The van der Waals surface area contributed by atoms with E-state index in [2.05, 4.69) is 20.2 Å². The number of nitrogens with one attached hydrogen (secondary N) is 2. The second kappa shape index (κ2) is 5.57. The molecule has 1 saturated heterocycles. The van der Waals surface area contributed by atoms with E-state index in [-0.39, 0.29) is 11.8 Å². The number of nitrogens with zero attached hydrogens (tertiary/aromatic N) is 2. The topological polar surface area (TPSA) is 76.0 Å². The summed E-state index contributed by atoms with van der Waals surface area (Å²) in [6.07, 6.45) is 1.98. The van der Waals surface area contributed by atoms with Crippen LogP contribution in [0.25, 0.3) is 0 Å². The zero-order chi connectivity index (χ0) is 15.0. The first kappa shape index (κ1) is 14.8. The average Bonchev–Trinajstić information content (AvgIpc) is 3.00. The molecule has 0 spiro atoms. The quantitative estimate of drug-likeness (QED) is 0.851. The first-order valence-electron chi connectivity index (χ1n) is 6.87. The number of aromatic nitrogens is 2. The number of carbonyl (C=O) groups excluding carboxylic acids is 2. The molecular weight excluding hydrogens is 308 g/mol. The Kier molecular flexibility index (Phi) is 3.92. The molecule has 1 atom stereocenters. The molecule has 1 aromatic rings. The van der Waals surface area contributed by atoms with Crippen LogP contribution in [0, 0.1) is 0 Å². The van der Waals surface area contributed by atoms with Gasteiger partial charge in [-0.05, 0) is 13.8 Å². The lowest BCUT2D eigenvalue weighted by Gasteiger charge is -2.32. The molecule has 2 N–H and O–H groups in total. The molecule has 21 heavy (non-hydrogen) atoms. The molecule has 6 nitrogen and oxygen atoms in total. The maximum atomic E-state index is 12.1. The Morgan fingerprint density at radius 1 is 1.62 bits per heavy atom. The van der Waals surface area contributed by atoms with Gasteiger partial charge in [0.1, 0.15) is 6.04 Å². The standard InChI is InChI=1S/C13H18N4O2S2/c1-13(2)11(19)16-9(7-21-13)10(18)14-5-8-6-17-3-4-20-12(17)15-8/h6,9H,3-5,7H2,1-2H3,(H,14,18)(H,16,19)/t9-/m0/s1. The van der Waals surface area contributed by atoms with Crippen LogP contribution in [-0.4, -0.2) is 43.7 Å². The van der Waals surface area contributed by atoms with Crippen LogP contribution in [0.5, 0.6) is 0 Å². The van der Waals surface area contributed by atoms with Crippen LogP contribution in [0.15, 0.2) is 11.4 Å². The summed E-state index contributed by atoms with van der Waals surface area (Å²) < 4.78 is 1.64. The molecule has 3 rings (SSSR count). The van der Waals surface area contributed by atoms with Gasteiger partial charge in [-0.25, -0.2) is 4.98 Å². The Labute approximate surface area is 131 Å². The van der Waals surface area contributed by atoms with Gasteiger partial charge >= 0.3 is 0 Å². The summed E-state index contributed by atoms with van der Waals surface area (Å²) in [7, 11) is 0. The van der Waals surface area contributed by atoms with Crippen LogP contribution in [-0.2, 0) is 22.7 Å². The fraction of sp³-hybridized carbons (Fsp3) is 0.615. The molecule has 0 unspecified atom stereocenters. The zero-order valence-corrected chi connectivity index (χ0v) is 13.6. The number of aryl methyl sites for hydroxylation is 1. The Balaban J connectivity index is 1.53. The predicted octanol–water partition coefficient (Wildman–Crippen LogP) is 0.615. The van der Waals surface area contributed by atoms with E-state index in [1.54, 1.807) is 11.8 Å². The first-order valence-corrected chi connectivity index (χ1v) is 8.84. The minimum absolute atomic E-state index is 0.0868. The second-order valence-corrected chi connectivity index (χ2v) is 8.33. The second-order valence-electron chi connectivity index (χ2n) is 5.62.